The third kappa shape index (κ3) is 2.75. The van der Waals surface area contributed by atoms with E-state index in [1.807, 2.05) is 10.7 Å². The van der Waals surface area contributed by atoms with Crippen LogP contribution in [-0.2, 0) is 27.1 Å². The molecule has 4 fully saturated rings. The molecule has 0 saturated heterocycles. The number of anilines is 1. The van der Waals surface area contributed by atoms with Crippen molar-refractivity contribution in [1.29, 1.82) is 0 Å². The molecule has 1 aliphatic heterocycles. The van der Waals surface area contributed by atoms with Crippen LogP contribution in [0, 0.1) is 37.0 Å². The fourth-order valence-corrected chi connectivity index (χ4v) is 8.29. The summed E-state index contributed by atoms with van der Waals surface area (Å²) in [6.07, 6.45) is 7.08. The van der Waals surface area contributed by atoms with E-state index in [-0.39, 0.29) is 11.3 Å². The molecule has 4 bridgehead atoms. The summed E-state index contributed by atoms with van der Waals surface area (Å²) in [4.78, 5) is 13.8. The van der Waals surface area contributed by atoms with Crippen LogP contribution >= 0.6 is 0 Å². The number of aryl methyl sites for hydroxylation is 1. The van der Waals surface area contributed by atoms with E-state index in [1.54, 1.807) is 0 Å². The molecule has 1 atom stereocenters. The second-order valence-electron chi connectivity index (χ2n) is 10.3. The maximum absolute atomic E-state index is 13.8. The van der Waals surface area contributed by atoms with Gasteiger partial charge in [0.2, 0.25) is 5.91 Å². The van der Waals surface area contributed by atoms with Crippen molar-refractivity contribution in [3.8, 4) is 5.69 Å². The average Bonchev–Trinajstić information content (AvgIpc) is 3.20. The molecule has 5 aliphatic rings. The molecule has 1 unspecified atom stereocenters. The number of rotatable bonds is 3. The number of amides is 1. The van der Waals surface area contributed by atoms with Crippen LogP contribution in [-0.4, -0.2) is 19.9 Å². The number of carbonyl (C=O) groups excluding carboxylic acids is 1. The van der Waals surface area contributed by atoms with Gasteiger partial charge in [0.1, 0.15) is 5.82 Å². The quantitative estimate of drug-likeness (QED) is 0.795. The van der Waals surface area contributed by atoms with Crippen molar-refractivity contribution in [2.75, 3.05) is 5.32 Å². The van der Waals surface area contributed by atoms with Gasteiger partial charge < -0.3 is 5.32 Å². The van der Waals surface area contributed by atoms with Crippen LogP contribution in [0.1, 0.15) is 60.9 Å². The molecule has 5 nitrogen and oxygen atoms in total. The summed E-state index contributed by atoms with van der Waals surface area (Å²) < 4.78 is 14.1. The number of carbonyl (C=O) groups is 1. The summed E-state index contributed by atoms with van der Waals surface area (Å²) in [5, 5.41) is 8.16. The van der Waals surface area contributed by atoms with Gasteiger partial charge >= 0.3 is 0 Å². The van der Waals surface area contributed by atoms with Gasteiger partial charge in [0.15, 0.2) is 0 Å². The van der Waals surface area contributed by atoms with Crippen molar-refractivity contribution >= 4 is 22.5 Å². The van der Waals surface area contributed by atoms with Crippen molar-refractivity contribution < 1.29 is 9.00 Å². The summed E-state index contributed by atoms with van der Waals surface area (Å²) in [5.74, 6) is 4.07. The van der Waals surface area contributed by atoms with Crippen LogP contribution in [0.5, 0.6) is 0 Å². The van der Waals surface area contributed by atoms with Crippen molar-refractivity contribution in [2.24, 2.45) is 23.2 Å². The number of nitrogens with zero attached hydrogens (tertiary/aromatic N) is 2. The molecule has 30 heavy (non-hydrogen) atoms. The second kappa shape index (κ2) is 6.52. The first-order chi connectivity index (χ1) is 14.4. The van der Waals surface area contributed by atoms with Crippen LogP contribution in [0.15, 0.2) is 18.2 Å². The minimum Gasteiger partial charge on any atom is -0.310 e. The molecule has 4 saturated carbocycles. The highest BCUT2D eigenvalue weighted by molar-refractivity contribution is 7.83. The third-order valence-corrected chi connectivity index (χ3v) is 9.43. The highest BCUT2D eigenvalue weighted by atomic mass is 32.2. The molecule has 2 aromatic rings. The molecule has 1 N–H and O–H groups in total. The normalized spacial score (nSPS) is 33.7. The lowest BCUT2D eigenvalue weighted by molar-refractivity contribution is -0.140. The van der Waals surface area contributed by atoms with Crippen LogP contribution < -0.4 is 5.32 Å². The van der Waals surface area contributed by atoms with Crippen LogP contribution in [0.4, 0.5) is 5.82 Å². The molecule has 6 heteroatoms. The smallest absolute Gasteiger partial charge is 0.231 e. The first-order valence-corrected chi connectivity index (χ1v) is 12.7. The molecule has 158 valence electrons. The lowest BCUT2D eigenvalue weighted by Gasteiger charge is -2.55. The Labute approximate surface area is 180 Å². The second-order valence-corrected chi connectivity index (χ2v) is 11.7. The molecular formula is C24H29N3O2S. The molecule has 0 spiro atoms. The molecule has 1 amide bonds. The fraction of sp³-hybridized carbons (Fsp3) is 0.583. The maximum atomic E-state index is 13.8. The van der Waals surface area contributed by atoms with E-state index < -0.39 is 10.8 Å². The minimum atomic E-state index is -0.925. The Morgan fingerprint density at radius 2 is 1.77 bits per heavy atom. The predicted octanol–water partition coefficient (Wildman–Crippen LogP) is 4.41. The van der Waals surface area contributed by atoms with E-state index in [9.17, 15) is 9.00 Å². The first-order valence-electron chi connectivity index (χ1n) is 11.3. The summed E-state index contributed by atoms with van der Waals surface area (Å²) in [5.41, 5.74) is 4.98. The lowest BCUT2D eigenvalue weighted by Crippen LogP contribution is -2.52. The molecule has 4 aliphatic carbocycles. The number of aromatic nitrogens is 2. The third-order valence-electron chi connectivity index (χ3n) is 8.23. The van der Waals surface area contributed by atoms with Gasteiger partial charge in [0.05, 0.1) is 28.3 Å². The van der Waals surface area contributed by atoms with Crippen LogP contribution in [0.25, 0.3) is 5.69 Å². The number of fused-ring (bicyclic) bond motifs is 1. The summed E-state index contributed by atoms with van der Waals surface area (Å²) in [7, 11) is -0.925. The Hall–Kier alpha value is -1.95. The number of hydrogen-bond donors (Lipinski definition) is 1. The molecule has 7 rings (SSSR count). The molecule has 0 radical (unpaired) electrons. The van der Waals surface area contributed by atoms with Gasteiger partial charge in [-0.2, -0.15) is 5.10 Å². The van der Waals surface area contributed by atoms with E-state index in [0.29, 0.717) is 11.5 Å². The Balaban J connectivity index is 1.40. The Bertz CT molecular complexity index is 1050. The zero-order valence-corrected chi connectivity index (χ0v) is 18.6. The maximum Gasteiger partial charge on any atom is 0.231 e. The average molecular weight is 424 g/mol. The Morgan fingerprint density at radius 3 is 2.43 bits per heavy atom. The molecule has 1 aromatic heterocycles. The van der Waals surface area contributed by atoms with Gasteiger partial charge in [0, 0.05) is 16.4 Å². The largest absolute Gasteiger partial charge is 0.310 e. The Morgan fingerprint density at radius 1 is 1.10 bits per heavy atom. The van der Waals surface area contributed by atoms with Gasteiger partial charge in [-0.1, -0.05) is 12.1 Å². The van der Waals surface area contributed by atoms with E-state index in [1.165, 1.54) is 24.8 Å². The van der Waals surface area contributed by atoms with Crippen molar-refractivity contribution in [3.05, 3.63) is 40.6 Å². The van der Waals surface area contributed by atoms with Crippen molar-refractivity contribution in [1.82, 2.24) is 9.78 Å². The predicted molar refractivity (Wildman–Crippen MR) is 118 cm³/mol. The van der Waals surface area contributed by atoms with Gasteiger partial charge in [-0.05, 0) is 87.3 Å². The summed E-state index contributed by atoms with van der Waals surface area (Å²) in [6.45, 7) is 4.19. The number of hydrogen-bond acceptors (Lipinski definition) is 3. The number of benzene rings is 1. The highest BCUT2D eigenvalue weighted by Gasteiger charge is 2.54. The monoisotopic (exact) mass is 423 g/mol. The van der Waals surface area contributed by atoms with Gasteiger partial charge in [0.25, 0.3) is 0 Å². The van der Waals surface area contributed by atoms with Gasteiger partial charge in [-0.15, -0.1) is 0 Å². The molecule has 1 aromatic carbocycles. The topological polar surface area (TPSA) is 64.0 Å². The van der Waals surface area contributed by atoms with Crippen LogP contribution in [0.2, 0.25) is 0 Å². The molecule has 2 heterocycles. The fourth-order valence-electron chi connectivity index (χ4n) is 7.02. The van der Waals surface area contributed by atoms with Gasteiger partial charge in [-0.3, -0.25) is 9.00 Å². The van der Waals surface area contributed by atoms with E-state index in [0.717, 1.165) is 65.3 Å². The lowest BCUT2D eigenvalue weighted by atomic mass is 9.49. The van der Waals surface area contributed by atoms with Crippen molar-refractivity contribution in [2.45, 2.75) is 63.9 Å². The summed E-state index contributed by atoms with van der Waals surface area (Å²) in [6, 6.07) is 6.19. The van der Waals surface area contributed by atoms with Crippen molar-refractivity contribution in [3.63, 3.8) is 0 Å². The highest BCUT2D eigenvalue weighted by Crippen LogP contribution is 2.60. The SMILES string of the molecule is Cc1cccc(-n2nc3c(c2NC(=O)C24CC5CC(CC(C5)C2)C4)CS(=O)C3)c1C. The summed E-state index contributed by atoms with van der Waals surface area (Å²) >= 11 is 0. The number of nitrogens with one attached hydrogen (secondary N) is 1. The minimum absolute atomic E-state index is 0.175. The molecular weight excluding hydrogens is 394 g/mol. The van der Waals surface area contributed by atoms with E-state index in [4.69, 9.17) is 5.10 Å². The first kappa shape index (κ1) is 18.8. The van der Waals surface area contributed by atoms with E-state index in [2.05, 4.69) is 31.3 Å². The Kier molecular flexibility index (Phi) is 4.09. The van der Waals surface area contributed by atoms with E-state index >= 15 is 0 Å². The standard InChI is InChI=1S/C24H29N3O2S/c1-14-4-3-5-21(15(14)2)27-22(19-12-30(29)13-20(19)26-27)25-23(28)24-9-16-6-17(10-24)8-18(7-16)11-24/h3-5,16-18H,6-13H2,1-2H3,(H,25,28). The zero-order chi connectivity index (χ0) is 20.6. The van der Waals surface area contributed by atoms with Crippen LogP contribution in [0.3, 0.4) is 0 Å². The zero-order valence-electron chi connectivity index (χ0n) is 17.7. The van der Waals surface area contributed by atoms with Gasteiger partial charge in [-0.25, -0.2) is 4.68 Å².